The zero-order valence-corrected chi connectivity index (χ0v) is 26.8. The van der Waals surface area contributed by atoms with Crippen molar-refractivity contribution in [1.82, 2.24) is 4.90 Å². The van der Waals surface area contributed by atoms with E-state index in [0.29, 0.717) is 30.1 Å². The van der Waals surface area contributed by atoms with Crippen LogP contribution in [-0.4, -0.2) is 30.4 Å². The Hall–Kier alpha value is -2.10. The Balaban J connectivity index is 1.23. The van der Waals surface area contributed by atoms with Crippen molar-refractivity contribution >= 4 is 11.9 Å². The molecule has 5 unspecified atom stereocenters. The number of amides is 1. The summed E-state index contributed by atoms with van der Waals surface area (Å²) in [6.45, 7) is 9.22. The van der Waals surface area contributed by atoms with Gasteiger partial charge in [0.2, 0.25) is 5.91 Å². The smallest absolute Gasteiger partial charge is 0.307 e. The van der Waals surface area contributed by atoms with E-state index in [1.807, 2.05) is 11.9 Å². The highest BCUT2D eigenvalue weighted by Crippen LogP contribution is 2.63. The van der Waals surface area contributed by atoms with E-state index in [1.54, 1.807) is 18.1 Å². The first-order valence-corrected chi connectivity index (χ1v) is 17.0. The van der Waals surface area contributed by atoms with Gasteiger partial charge in [-0.2, -0.15) is 0 Å². The summed E-state index contributed by atoms with van der Waals surface area (Å²) in [5, 5.41) is 0. The van der Waals surface area contributed by atoms with E-state index in [-0.39, 0.29) is 11.4 Å². The average Bonchev–Trinajstić information content (AvgIpc) is 3.27. The van der Waals surface area contributed by atoms with Gasteiger partial charge in [0.05, 0.1) is 0 Å². The number of benzene rings is 1. The molecule has 4 rings (SSSR count). The van der Waals surface area contributed by atoms with Gasteiger partial charge in [0, 0.05) is 32.4 Å². The van der Waals surface area contributed by atoms with Gasteiger partial charge >= 0.3 is 5.97 Å². The maximum atomic E-state index is 12.2. The highest BCUT2D eigenvalue weighted by Gasteiger charge is 2.55. The number of hydrogen-bond donors (Lipinski definition) is 0. The third-order valence-corrected chi connectivity index (χ3v) is 10.8. The minimum absolute atomic E-state index is 0.00280. The number of unbranched alkanes of at least 4 members (excludes halogenated alkanes) is 8. The SMILES string of the molecule is CCCCN(C)C(=O)CCCCCCCCCCC1Cc2cc(C)ccc2C2CCC3(C)C(OC(C)=O)=CCC3C12. The number of carbonyl (C=O) groups is 2. The average molecular weight is 564 g/mol. The molecule has 1 aromatic carbocycles. The number of carbonyl (C=O) groups excluding carboxylic acids is 2. The van der Waals surface area contributed by atoms with Crippen LogP contribution in [0.1, 0.15) is 140 Å². The summed E-state index contributed by atoms with van der Waals surface area (Å²) in [5.74, 6) is 3.71. The van der Waals surface area contributed by atoms with E-state index in [4.69, 9.17) is 4.74 Å². The molecule has 1 aromatic rings. The van der Waals surface area contributed by atoms with Crippen molar-refractivity contribution in [3.05, 3.63) is 46.7 Å². The number of rotatable bonds is 15. The number of aryl methyl sites for hydroxylation is 1. The second-order valence-electron chi connectivity index (χ2n) is 13.8. The predicted octanol–water partition coefficient (Wildman–Crippen LogP) is 9.29. The lowest BCUT2D eigenvalue weighted by atomic mass is 9.52. The van der Waals surface area contributed by atoms with Crippen LogP contribution in [0.3, 0.4) is 0 Å². The van der Waals surface area contributed by atoms with Crippen LogP contribution in [0, 0.1) is 30.1 Å². The lowest BCUT2D eigenvalue weighted by Gasteiger charge is -2.53. The van der Waals surface area contributed by atoms with Gasteiger partial charge in [-0.05, 0) is 92.7 Å². The zero-order valence-electron chi connectivity index (χ0n) is 26.8. The number of esters is 1. The fourth-order valence-corrected chi connectivity index (χ4v) is 8.50. The molecule has 4 nitrogen and oxygen atoms in total. The predicted molar refractivity (Wildman–Crippen MR) is 169 cm³/mol. The number of fused-ring (bicyclic) bond motifs is 5. The summed E-state index contributed by atoms with van der Waals surface area (Å²) in [5.41, 5.74) is 4.59. The summed E-state index contributed by atoms with van der Waals surface area (Å²) < 4.78 is 5.78. The summed E-state index contributed by atoms with van der Waals surface area (Å²) in [7, 11) is 1.95. The summed E-state index contributed by atoms with van der Waals surface area (Å²) in [4.78, 5) is 26.0. The van der Waals surface area contributed by atoms with E-state index in [9.17, 15) is 9.59 Å². The number of hydrogen-bond acceptors (Lipinski definition) is 3. The minimum atomic E-state index is -0.176. The molecule has 3 aliphatic carbocycles. The lowest BCUT2D eigenvalue weighted by molar-refractivity contribution is -0.139. The van der Waals surface area contributed by atoms with Crippen LogP contribution in [0.25, 0.3) is 0 Å². The maximum Gasteiger partial charge on any atom is 0.307 e. The minimum Gasteiger partial charge on any atom is -0.431 e. The van der Waals surface area contributed by atoms with Crippen molar-refractivity contribution in [3.8, 4) is 0 Å². The normalized spacial score (nSPS) is 26.5. The Morgan fingerprint density at radius 1 is 1.02 bits per heavy atom. The molecule has 228 valence electrons. The molecule has 0 N–H and O–H groups in total. The quantitative estimate of drug-likeness (QED) is 0.158. The van der Waals surface area contributed by atoms with E-state index < -0.39 is 0 Å². The Morgan fingerprint density at radius 2 is 1.73 bits per heavy atom. The Labute approximate surface area is 250 Å². The van der Waals surface area contributed by atoms with E-state index in [0.717, 1.165) is 50.3 Å². The Morgan fingerprint density at radius 3 is 2.44 bits per heavy atom. The van der Waals surface area contributed by atoms with Gasteiger partial charge in [-0.1, -0.05) is 89.0 Å². The van der Waals surface area contributed by atoms with Crippen molar-refractivity contribution in [1.29, 1.82) is 0 Å². The molecule has 0 aliphatic heterocycles. The van der Waals surface area contributed by atoms with Gasteiger partial charge < -0.3 is 9.64 Å². The largest absolute Gasteiger partial charge is 0.431 e. The molecule has 1 amide bonds. The van der Waals surface area contributed by atoms with Crippen molar-refractivity contribution in [2.24, 2.45) is 23.2 Å². The third kappa shape index (κ3) is 7.85. The van der Waals surface area contributed by atoms with E-state index in [1.165, 1.54) is 69.8 Å². The van der Waals surface area contributed by atoms with Gasteiger partial charge in [-0.25, -0.2) is 0 Å². The second kappa shape index (κ2) is 14.9. The molecule has 4 heteroatoms. The lowest BCUT2D eigenvalue weighted by Crippen LogP contribution is -2.45. The summed E-state index contributed by atoms with van der Waals surface area (Å²) >= 11 is 0. The molecule has 0 saturated heterocycles. The van der Waals surface area contributed by atoms with Crippen LogP contribution >= 0.6 is 0 Å². The standard InChI is InChI=1S/C37H57NO3/c1-6-7-24-38(5)35(40)17-15-13-11-9-8-10-12-14-16-29-26-30-25-27(2)18-19-31(30)32-22-23-37(4)33(36(29)32)20-21-34(37)41-28(3)39/h18-19,21,25,29,32-33,36H,6-17,20,22-24,26H2,1-5H3. The van der Waals surface area contributed by atoms with E-state index in [2.05, 4.69) is 45.0 Å². The fourth-order valence-electron chi connectivity index (χ4n) is 8.50. The molecule has 0 spiro atoms. The number of ether oxygens (including phenoxy) is 1. The van der Waals surface area contributed by atoms with Crippen LogP contribution in [0.2, 0.25) is 0 Å². The van der Waals surface area contributed by atoms with Crippen LogP contribution in [0.15, 0.2) is 30.0 Å². The molecule has 1 fully saturated rings. The molecule has 3 aliphatic rings. The van der Waals surface area contributed by atoms with Gasteiger partial charge in [-0.3, -0.25) is 9.59 Å². The van der Waals surface area contributed by atoms with Gasteiger partial charge in [0.15, 0.2) is 0 Å². The van der Waals surface area contributed by atoms with Crippen LogP contribution in [0.5, 0.6) is 0 Å². The Bertz CT molecular complexity index is 1060. The molecule has 0 radical (unpaired) electrons. The van der Waals surface area contributed by atoms with Crippen molar-refractivity contribution in [2.75, 3.05) is 13.6 Å². The monoisotopic (exact) mass is 563 g/mol. The molecule has 5 atom stereocenters. The fraction of sp³-hybridized carbons (Fsp3) is 0.730. The van der Waals surface area contributed by atoms with Crippen LogP contribution < -0.4 is 0 Å². The summed E-state index contributed by atoms with van der Waals surface area (Å²) in [6, 6.07) is 7.20. The first-order chi connectivity index (χ1) is 19.7. The second-order valence-corrected chi connectivity index (χ2v) is 13.8. The van der Waals surface area contributed by atoms with Crippen LogP contribution in [0.4, 0.5) is 0 Å². The third-order valence-electron chi connectivity index (χ3n) is 10.8. The van der Waals surface area contributed by atoms with Crippen molar-refractivity contribution < 1.29 is 14.3 Å². The Kier molecular flexibility index (Phi) is 11.5. The van der Waals surface area contributed by atoms with Gasteiger partial charge in [-0.15, -0.1) is 0 Å². The molecule has 1 saturated carbocycles. The summed E-state index contributed by atoms with van der Waals surface area (Å²) in [6.07, 6.45) is 21.2. The molecule has 0 aromatic heterocycles. The molecular formula is C37H57NO3. The van der Waals surface area contributed by atoms with Crippen LogP contribution in [-0.2, 0) is 20.7 Å². The topological polar surface area (TPSA) is 46.6 Å². The first-order valence-electron chi connectivity index (χ1n) is 17.0. The number of nitrogens with zero attached hydrogens (tertiary/aromatic N) is 1. The van der Waals surface area contributed by atoms with Crippen molar-refractivity contribution in [3.63, 3.8) is 0 Å². The molecular weight excluding hydrogens is 506 g/mol. The first kappa shape index (κ1) is 31.8. The van der Waals surface area contributed by atoms with Gasteiger partial charge in [0.1, 0.15) is 5.76 Å². The van der Waals surface area contributed by atoms with E-state index >= 15 is 0 Å². The highest BCUT2D eigenvalue weighted by molar-refractivity contribution is 5.75. The zero-order chi connectivity index (χ0) is 29.4. The maximum absolute atomic E-state index is 12.2. The molecule has 0 bridgehead atoms. The molecule has 0 heterocycles. The highest BCUT2D eigenvalue weighted by atomic mass is 16.5. The van der Waals surface area contributed by atoms with Crippen molar-refractivity contribution in [2.45, 2.75) is 136 Å². The van der Waals surface area contributed by atoms with Gasteiger partial charge in [0.25, 0.3) is 0 Å². The molecule has 41 heavy (non-hydrogen) atoms. The number of allylic oxidation sites excluding steroid dienone is 2.